The Morgan fingerprint density at radius 1 is 1.19 bits per heavy atom. The molecule has 0 saturated carbocycles. The molecule has 0 aliphatic heterocycles. The van der Waals surface area contributed by atoms with Crippen molar-refractivity contribution in [1.29, 1.82) is 0 Å². The third-order valence-corrected chi connectivity index (χ3v) is 6.44. The maximum absolute atomic E-state index is 13.4. The molecule has 1 amide bonds. The summed E-state index contributed by atoms with van der Waals surface area (Å²) in [5.74, 6) is 0.334. The molecule has 32 heavy (non-hydrogen) atoms. The topological polar surface area (TPSA) is 88.8 Å². The van der Waals surface area contributed by atoms with E-state index in [-0.39, 0.29) is 29.6 Å². The number of anilines is 1. The summed E-state index contributed by atoms with van der Waals surface area (Å²) in [7, 11) is 1.59. The number of carbonyl (C=O) groups is 1. The molecule has 1 aromatic heterocycles. The van der Waals surface area contributed by atoms with E-state index in [1.807, 2.05) is 19.1 Å². The second-order valence-corrected chi connectivity index (χ2v) is 8.03. The van der Waals surface area contributed by atoms with Gasteiger partial charge in [0.05, 0.1) is 16.7 Å². The molecular formula is C22H27ClN4O4S. The zero-order valence-electron chi connectivity index (χ0n) is 18.5. The molecule has 0 saturated heterocycles. The number of ether oxygens (including phenoxy) is 1. The molecule has 0 N–H and O–H groups in total. The molecule has 2 aromatic carbocycles. The van der Waals surface area contributed by atoms with Gasteiger partial charge in [-0.3, -0.25) is 19.8 Å². The van der Waals surface area contributed by atoms with E-state index in [2.05, 4.69) is 18.7 Å². The summed E-state index contributed by atoms with van der Waals surface area (Å²) >= 11 is 1.42. The molecule has 8 nitrogen and oxygen atoms in total. The number of rotatable bonds is 9. The van der Waals surface area contributed by atoms with Crippen molar-refractivity contribution in [2.24, 2.45) is 0 Å². The Morgan fingerprint density at radius 3 is 2.53 bits per heavy atom. The molecule has 0 fully saturated rings. The first-order chi connectivity index (χ1) is 14.9. The van der Waals surface area contributed by atoms with Gasteiger partial charge < -0.3 is 9.64 Å². The van der Waals surface area contributed by atoms with E-state index in [0.717, 1.165) is 23.4 Å². The van der Waals surface area contributed by atoms with Crippen LogP contribution in [-0.4, -0.2) is 54.0 Å². The number of methoxy groups -OCH3 is 1. The van der Waals surface area contributed by atoms with Crippen molar-refractivity contribution in [3.05, 3.63) is 57.6 Å². The van der Waals surface area contributed by atoms with E-state index in [1.54, 1.807) is 18.1 Å². The van der Waals surface area contributed by atoms with Gasteiger partial charge in [-0.1, -0.05) is 37.3 Å². The van der Waals surface area contributed by atoms with Crippen LogP contribution in [0.1, 0.15) is 29.8 Å². The summed E-state index contributed by atoms with van der Waals surface area (Å²) in [5.41, 5.74) is 1.90. The highest BCUT2D eigenvalue weighted by Gasteiger charge is 2.24. The van der Waals surface area contributed by atoms with Gasteiger partial charge in [0.2, 0.25) is 0 Å². The van der Waals surface area contributed by atoms with Gasteiger partial charge >= 0.3 is 0 Å². The van der Waals surface area contributed by atoms with E-state index in [0.29, 0.717) is 29.5 Å². The lowest BCUT2D eigenvalue weighted by atomic mass is 10.2. The smallest absolute Gasteiger partial charge is 0.270 e. The minimum Gasteiger partial charge on any atom is -0.494 e. The highest BCUT2D eigenvalue weighted by atomic mass is 35.5. The largest absolute Gasteiger partial charge is 0.494 e. The van der Waals surface area contributed by atoms with Crippen LogP contribution in [0.3, 0.4) is 0 Å². The van der Waals surface area contributed by atoms with Gasteiger partial charge in [0.1, 0.15) is 11.3 Å². The number of amides is 1. The molecule has 0 radical (unpaired) electrons. The molecular weight excluding hydrogens is 452 g/mol. The fourth-order valence-corrected chi connectivity index (χ4v) is 4.43. The number of nitro benzene ring substituents is 1. The number of hydrogen-bond acceptors (Lipinski definition) is 7. The first kappa shape index (κ1) is 25.5. The van der Waals surface area contributed by atoms with Gasteiger partial charge in [0.15, 0.2) is 5.13 Å². The van der Waals surface area contributed by atoms with Crippen LogP contribution in [0.4, 0.5) is 10.8 Å². The minimum atomic E-state index is -0.497. The van der Waals surface area contributed by atoms with Crippen LogP contribution in [0, 0.1) is 17.0 Å². The third-order valence-electron chi connectivity index (χ3n) is 5.23. The quantitative estimate of drug-likeness (QED) is 0.320. The number of aromatic nitrogens is 1. The van der Waals surface area contributed by atoms with E-state index >= 15 is 0 Å². The maximum atomic E-state index is 13.4. The molecule has 0 spiro atoms. The number of nitrogens with zero attached hydrogens (tertiary/aromatic N) is 4. The predicted octanol–water partition coefficient (Wildman–Crippen LogP) is 4.93. The number of halogens is 1. The van der Waals surface area contributed by atoms with Crippen molar-refractivity contribution in [2.45, 2.75) is 20.8 Å². The van der Waals surface area contributed by atoms with Crippen LogP contribution >= 0.6 is 23.7 Å². The van der Waals surface area contributed by atoms with Crippen LogP contribution in [0.25, 0.3) is 10.2 Å². The fourth-order valence-electron chi connectivity index (χ4n) is 3.35. The number of non-ortho nitro benzene ring substituents is 1. The molecule has 0 aliphatic rings. The monoisotopic (exact) mass is 478 g/mol. The van der Waals surface area contributed by atoms with Gasteiger partial charge in [0.25, 0.3) is 11.6 Å². The molecule has 10 heteroatoms. The summed E-state index contributed by atoms with van der Waals surface area (Å²) in [6.07, 6.45) is 0. The molecule has 3 rings (SSSR count). The van der Waals surface area contributed by atoms with Crippen LogP contribution in [0.2, 0.25) is 0 Å². The number of likely N-dealkylation sites (N-methyl/N-ethyl adjacent to an activating group) is 1. The van der Waals surface area contributed by atoms with Crippen LogP contribution < -0.4 is 9.64 Å². The molecule has 3 aromatic rings. The lowest BCUT2D eigenvalue weighted by molar-refractivity contribution is -0.384. The van der Waals surface area contributed by atoms with Crippen molar-refractivity contribution in [3.63, 3.8) is 0 Å². The number of benzene rings is 2. The number of nitro groups is 1. The van der Waals surface area contributed by atoms with Gasteiger partial charge in [-0.05, 0) is 37.7 Å². The second-order valence-electron chi connectivity index (χ2n) is 7.05. The van der Waals surface area contributed by atoms with E-state index in [1.165, 1.54) is 29.5 Å². The van der Waals surface area contributed by atoms with Crippen molar-refractivity contribution in [3.8, 4) is 5.75 Å². The van der Waals surface area contributed by atoms with Crippen LogP contribution in [-0.2, 0) is 0 Å². The molecule has 0 bridgehead atoms. The lowest BCUT2D eigenvalue weighted by Gasteiger charge is -2.24. The SMILES string of the molecule is CCN(CC)CCN(C(=O)c1cccc([N+](=O)[O-])c1)c1nc2c(OC)ccc(C)c2s1.Cl. The van der Waals surface area contributed by atoms with E-state index in [4.69, 9.17) is 9.72 Å². The first-order valence-electron chi connectivity index (χ1n) is 10.1. The average Bonchev–Trinajstić information content (AvgIpc) is 3.23. The normalized spacial score (nSPS) is 10.8. The molecule has 1 heterocycles. The lowest BCUT2D eigenvalue weighted by Crippen LogP contribution is -2.38. The number of carbonyl (C=O) groups excluding carboxylic acids is 1. The Morgan fingerprint density at radius 2 is 1.91 bits per heavy atom. The Labute approximate surface area is 197 Å². The zero-order chi connectivity index (χ0) is 22.5. The Kier molecular flexibility index (Phi) is 8.94. The van der Waals surface area contributed by atoms with Crippen molar-refractivity contribution in [1.82, 2.24) is 9.88 Å². The van der Waals surface area contributed by atoms with Crippen molar-refractivity contribution in [2.75, 3.05) is 38.2 Å². The second kappa shape index (κ2) is 11.2. The highest BCUT2D eigenvalue weighted by Crippen LogP contribution is 2.37. The Hall–Kier alpha value is -2.75. The molecule has 172 valence electrons. The number of aryl methyl sites for hydroxylation is 1. The summed E-state index contributed by atoms with van der Waals surface area (Å²) in [6, 6.07) is 9.64. The number of fused-ring (bicyclic) bond motifs is 1. The van der Waals surface area contributed by atoms with Gasteiger partial charge in [0, 0.05) is 30.8 Å². The third kappa shape index (κ3) is 5.35. The van der Waals surface area contributed by atoms with Gasteiger partial charge in [-0.25, -0.2) is 4.98 Å². The van der Waals surface area contributed by atoms with Gasteiger partial charge in [-0.2, -0.15) is 0 Å². The van der Waals surface area contributed by atoms with Crippen molar-refractivity contribution >= 4 is 50.7 Å². The first-order valence-corrected chi connectivity index (χ1v) is 10.9. The number of thiazole rings is 1. The minimum absolute atomic E-state index is 0. The van der Waals surface area contributed by atoms with Crippen LogP contribution in [0.15, 0.2) is 36.4 Å². The fraction of sp³-hybridized carbons (Fsp3) is 0.364. The molecule has 0 unspecified atom stereocenters. The highest BCUT2D eigenvalue weighted by molar-refractivity contribution is 7.22. The van der Waals surface area contributed by atoms with E-state index in [9.17, 15) is 14.9 Å². The maximum Gasteiger partial charge on any atom is 0.270 e. The van der Waals surface area contributed by atoms with E-state index < -0.39 is 4.92 Å². The van der Waals surface area contributed by atoms with Crippen LogP contribution in [0.5, 0.6) is 5.75 Å². The summed E-state index contributed by atoms with van der Waals surface area (Å²) in [6.45, 7) is 8.95. The Balaban J connectivity index is 0.00000363. The average molecular weight is 479 g/mol. The van der Waals surface area contributed by atoms with Gasteiger partial charge in [-0.15, -0.1) is 12.4 Å². The standard InChI is InChI=1S/C22H26N4O4S.ClH/c1-5-24(6-2)12-13-25(21(27)16-8-7-9-17(14-16)26(28)29)22-23-19-18(30-4)11-10-15(3)20(19)31-22;/h7-11,14H,5-6,12-13H2,1-4H3;1H. The number of hydrogen-bond donors (Lipinski definition) is 0. The Bertz CT molecular complexity index is 1100. The zero-order valence-corrected chi connectivity index (χ0v) is 20.2. The molecule has 0 atom stereocenters. The van der Waals surface area contributed by atoms with Crippen molar-refractivity contribution < 1.29 is 14.5 Å². The molecule has 0 aliphatic carbocycles. The summed E-state index contributed by atoms with van der Waals surface area (Å²) < 4.78 is 6.41. The summed E-state index contributed by atoms with van der Waals surface area (Å²) in [5, 5.41) is 11.7. The predicted molar refractivity (Wildman–Crippen MR) is 131 cm³/mol. The summed E-state index contributed by atoms with van der Waals surface area (Å²) in [4.78, 5) is 32.7.